The minimum Gasteiger partial charge on any atom is -0.335 e. The fourth-order valence-electron chi connectivity index (χ4n) is 3.07. The Hall–Kier alpha value is -0.940. The molecule has 98 valence electrons. The summed E-state index contributed by atoms with van der Waals surface area (Å²) in [6.07, 6.45) is 0. The average Bonchev–Trinajstić information content (AvgIpc) is 2.92. The number of amides is 1. The van der Waals surface area contributed by atoms with E-state index in [0.717, 1.165) is 26.2 Å². The fourth-order valence-corrected chi connectivity index (χ4v) is 3.60. The van der Waals surface area contributed by atoms with Crippen LogP contribution in [0.1, 0.15) is 24.3 Å². The molecule has 3 rings (SSSR count). The van der Waals surface area contributed by atoms with Crippen LogP contribution in [0.15, 0.2) is 10.9 Å². The van der Waals surface area contributed by atoms with Gasteiger partial charge < -0.3 is 4.90 Å². The van der Waals surface area contributed by atoms with Crippen molar-refractivity contribution in [2.24, 2.45) is 11.8 Å². The van der Waals surface area contributed by atoms with Crippen LogP contribution in [0.3, 0.4) is 0 Å². The molecule has 0 spiro atoms. The second-order valence-corrected chi connectivity index (χ2v) is 6.48. The van der Waals surface area contributed by atoms with E-state index in [-0.39, 0.29) is 5.91 Å². The summed E-state index contributed by atoms with van der Waals surface area (Å²) < 4.78 is 0. The number of carbonyl (C=O) groups is 1. The van der Waals surface area contributed by atoms with Crippen LogP contribution in [-0.4, -0.2) is 52.9 Å². The molecule has 4 nitrogen and oxygen atoms in total. The summed E-state index contributed by atoms with van der Waals surface area (Å²) in [6, 6.07) is 0.593. The lowest BCUT2D eigenvalue weighted by Crippen LogP contribution is -2.56. The molecule has 1 amide bonds. The normalized spacial score (nSPS) is 27.4. The van der Waals surface area contributed by atoms with Crippen LogP contribution in [0.2, 0.25) is 0 Å². The third-order valence-electron chi connectivity index (χ3n) is 3.88. The SMILES string of the molecule is CC(C)CN1CC2CN(C(=O)c3cscn3)CC21. The maximum absolute atomic E-state index is 12.2. The highest BCUT2D eigenvalue weighted by atomic mass is 32.1. The average molecular weight is 265 g/mol. The van der Waals surface area contributed by atoms with Crippen molar-refractivity contribution in [3.63, 3.8) is 0 Å². The summed E-state index contributed by atoms with van der Waals surface area (Å²) in [5.41, 5.74) is 2.33. The number of thiazole rings is 1. The summed E-state index contributed by atoms with van der Waals surface area (Å²) in [4.78, 5) is 20.8. The second-order valence-electron chi connectivity index (χ2n) is 5.76. The van der Waals surface area contributed by atoms with Crippen molar-refractivity contribution in [2.75, 3.05) is 26.2 Å². The molecule has 2 atom stereocenters. The van der Waals surface area contributed by atoms with E-state index in [1.54, 1.807) is 5.51 Å². The number of carbonyl (C=O) groups excluding carboxylic acids is 1. The molecule has 0 radical (unpaired) electrons. The molecule has 1 aromatic heterocycles. The molecule has 1 aromatic rings. The van der Waals surface area contributed by atoms with Crippen molar-refractivity contribution in [1.82, 2.24) is 14.8 Å². The number of hydrogen-bond donors (Lipinski definition) is 0. The van der Waals surface area contributed by atoms with Crippen molar-refractivity contribution >= 4 is 17.2 Å². The Kier molecular flexibility index (Phi) is 3.11. The summed E-state index contributed by atoms with van der Waals surface area (Å²) in [7, 11) is 0. The van der Waals surface area contributed by atoms with Crippen LogP contribution >= 0.6 is 11.3 Å². The molecule has 3 heterocycles. The number of nitrogens with zero attached hydrogens (tertiary/aromatic N) is 3. The van der Waals surface area contributed by atoms with Crippen LogP contribution in [-0.2, 0) is 0 Å². The molecule has 0 bridgehead atoms. The molecule has 2 unspecified atom stereocenters. The number of hydrogen-bond acceptors (Lipinski definition) is 4. The maximum Gasteiger partial charge on any atom is 0.273 e. The lowest BCUT2D eigenvalue weighted by Gasteiger charge is -2.44. The number of likely N-dealkylation sites (tertiary alicyclic amines) is 2. The molecule has 2 fully saturated rings. The van der Waals surface area contributed by atoms with E-state index in [1.165, 1.54) is 11.3 Å². The van der Waals surface area contributed by atoms with Crippen LogP contribution in [0.5, 0.6) is 0 Å². The van der Waals surface area contributed by atoms with Crippen molar-refractivity contribution in [3.8, 4) is 0 Å². The van der Waals surface area contributed by atoms with E-state index in [9.17, 15) is 4.79 Å². The maximum atomic E-state index is 12.2. The first-order valence-corrected chi connectivity index (χ1v) is 7.51. The monoisotopic (exact) mass is 265 g/mol. The predicted octanol–water partition coefficient (Wildman–Crippen LogP) is 1.56. The number of rotatable bonds is 3. The molecule has 0 aliphatic carbocycles. The molecule has 5 heteroatoms. The second kappa shape index (κ2) is 4.63. The van der Waals surface area contributed by atoms with Gasteiger partial charge in [-0.1, -0.05) is 13.8 Å². The standard InChI is InChI=1S/C13H19N3OS/c1-9(2)3-15-4-10-5-16(6-12(10)15)13(17)11-7-18-8-14-11/h7-10,12H,3-6H2,1-2H3. The van der Waals surface area contributed by atoms with Crippen LogP contribution < -0.4 is 0 Å². The zero-order chi connectivity index (χ0) is 12.7. The van der Waals surface area contributed by atoms with Gasteiger partial charge >= 0.3 is 0 Å². The first kappa shape index (κ1) is 12.1. The fraction of sp³-hybridized carbons (Fsp3) is 0.692. The molecule has 2 aliphatic heterocycles. The Morgan fingerprint density at radius 2 is 2.33 bits per heavy atom. The van der Waals surface area contributed by atoms with Crippen molar-refractivity contribution in [3.05, 3.63) is 16.6 Å². The highest BCUT2D eigenvalue weighted by Crippen LogP contribution is 2.33. The summed E-state index contributed by atoms with van der Waals surface area (Å²) in [5.74, 6) is 1.50. The van der Waals surface area contributed by atoms with Gasteiger partial charge in [0.15, 0.2) is 0 Å². The molecule has 18 heavy (non-hydrogen) atoms. The topological polar surface area (TPSA) is 36.4 Å². The molecule has 0 N–H and O–H groups in total. The van der Waals surface area contributed by atoms with E-state index in [4.69, 9.17) is 0 Å². The third kappa shape index (κ3) is 2.06. The molecule has 2 aliphatic rings. The zero-order valence-electron chi connectivity index (χ0n) is 10.9. The van der Waals surface area contributed by atoms with E-state index < -0.39 is 0 Å². The summed E-state index contributed by atoms with van der Waals surface area (Å²) in [5, 5.41) is 1.84. The number of fused-ring (bicyclic) bond motifs is 1. The van der Waals surface area contributed by atoms with Gasteiger partial charge in [-0.3, -0.25) is 9.69 Å². The number of aromatic nitrogens is 1. The van der Waals surface area contributed by atoms with Crippen LogP contribution in [0.4, 0.5) is 0 Å². The van der Waals surface area contributed by atoms with Crippen molar-refractivity contribution in [1.29, 1.82) is 0 Å². The minimum absolute atomic E-state index is 0.107. The predicted molar refractivity (Wildman–Crippen MR) is 71.7 cm³/mol. The smallest absolute Gasteiger partial charge is 0.273 e. The van der Waals surface area contributed by atoms with E-state index in [0.29, 0.717) is 23.6 Å². The Labute approximate surface area is 112 Å². The van der Waals surface area contributed by atoms with Crippen LogP contribution in [0, 0.1) is 11.8 Å². The van der Waals surface area contributed by atoms with Crippen molar-refractivity contribution in [2.45, 2.75) is 19.9 Å². The van der Waals surface area contributed by atoms with Gasteiger partial charge in [0.05, 0.1) is 5.51 Å². The Morgan fingerprint density at radius 3 is 3.00 bits per heavy atom. The van der Waals surface area contributed by atoms with E-state index in [2.05, 4.69) is 23.7 Å². The third-order valence-corrected chi connectivity index (χ3v) is 4.47. The summed E-state index contributed by atoms with van der Waals surface area (Å²) >= 11 is 1.48. The minimum atomic E-state index is 0.107. The molecular formula is C13H19N3OS. The highest BCUT2D eigenvalue weighted by Gasteiger charge is 2.46. The molecule has 0 saturated carbocycles. The van der Waals surface area contributed by atoms with Gasteiger partial charge in [0, 0.05) is 43.5 Å². The Bertz CT molecular complexity index is 431. The van der Waals surface area contributed by atoms with Gasteiger partial charge in [-0.15, -0.1) is 11.3 Å². The largest absolute Gasteiger partial charge is 0.335 e. The highest BCUT2D eigenvalue weighted by molar-refractivity contribution is 7.07. The van der Waals surface area contributed by atoms with Gasteiger partial charge in [-0.2, -0.15) is 0 Å². The molecule has 0 aromatic carbocycles. The van der Waals surface area contributed by atoms with Crippen LogP contribution in [0.25, 0.3) is 0 Å². The first-order valence-electron chi connectivity index (χ1n) is 6.56. The van der Waals surface area contributed by atoms with Gasteiger partial charge in [-0.05, 0) is 5.92 Å². The van der Waals surface area contributed by atoms with Gasteiger partial charge in [0.2, 0.25) is 0 Å². The molecular weight excluding hydrogens is 246 g/mol. The Balaban J connectivity index is 1.61. The van der Waals surface area contributed by atoms with Gasteiger partial charge in [-0.25, -0.2) is 4.98 Å². The van der Waals surface area contributed by atoms with Gasteiger partial charge in [0.1, 0.15) is 5.69 Å². The first-order chi connectivity index (χ1) is 8.65. The van der Waals surface area contributed by atoms with E-state index in [1.807, 2.05) is 10.3 Å². The molecule has 2 saturated heterocycles. The zero-order valence-corrected chi connectivity index (χ0v) is 11.7. The Morgan fingerprint density at radius 1 is 1.50 bits per heavy atom. The quantitative estimate of drug-likeness (QED) is 0.832. The van der Waals surface area contributed by atoms with Crippen molar-refractivity contribution < 1.29 is 4.79 Å². The lowest BCUT2D eigenvalue weighted by molar-refractivity contribution is 0.0402. The van der Waals surface area contributed by atoms with Gasteiger partial charge in [0.25, 0.3) is 5.91 Å². The summed E-state index contributed by atoms with van der Waals surface area (Å²) in [6.45, 7) is 8.61. The van der Waals surface area contributed by atoms with E-state index >= 15 is 0 Å². The lowest BCUT2D eigenvalue weighted by atomic mass is 9.91.